The number of nitrogens with one attached hydrogen (secondary N) is 1. The Morgan fingerprint density at radius 1 is 1.44 bits per heavy atom. The second-order valence-electron chi connectivity index (χ2n) is 4.48. The van der Waals surface area contributed by atoms with Gasteiger partial charge in [0, 0.05) is 24.6 Å². The number of nitrogens with two attached hydrogens (primary N) is 2. The van der Waals surface area contributed by atoms with Gasteiger partial charge in [0.25, 0.3) is 0 Å². The zero-order valence-electron chi connectivity index (χ0n) is 10.4. The summed E-state index contributed by atoms with van der Waals surface area (Å²) >= 11 is 0. The van der Waals surface area contributed by atoms with E-state index in [0.717, 1.165) is 37.3 Å². The maximum absolute atomic E-state index is 11.1. The SMILES string of the molecule is Cc1c(NN)ncnc1N1CCC(C(N)=O)CC1. The summed E-state index contributed by atoms with van der Waals surface area (Å²) in [6, 6.07) is 0. The van der Waals surface area contributed by atoms with Gasteiger partial charge in [0.15, 0.2) is 0 Å². The number of anilines is 2. The molecule has 7 heteroatoms. The summed E-state index contributed by atoms with van der Waals surface area (Å²) < 4.78 is 0. The van der Waals surface area contributed by atoms with Crippen LogP contribution in [0.1, 0.15) is 18.4 Å². The van der Waals surface area contributed by atoms with Crippen molar-refractivity contribution in [2.75, 3.05) is 23.4 Å². The van der Waals surface area contributed by atoms with Crippen LogP contribution in [-0.4, -0.2) is 29.0 Å². The van der Waals surface area contributed by atoms with Crippen LogP contribution in [0, 0.1) is 12.8 Å². The average Bonchev–Trinajstić information content (AvgIpc) is 2.39. The number of piperidine rings is 1. The van der Waals surface area contributed by atoms with Gasteiger partial charge < -0.3 is 16.1 Å². The number of carbonyl (C=O) groups is 1. The van der Waals surface area contributed by atoms with E-state index in [4.69, 9.17) is 11.6 Å². The lowest BCUT2D eigenvalue weighted by Gasteiger charge is -2.32. The summed E-state index contributed by atoms with van der Waals surface area (Å²) in [4.78, 5) is 21.6. The Kier molecular flexibility index (Phi) is 3.61. The van der Waals surface area contributed by atoms with Crippen LogP contribution in [-0.2, 0) is 4.79 Å². The van der Waals surface area contributed by atoms with Crippen molar-refractivity contribution in [3.63, 3.8) is 0 Å². The molecule has 5 N–H and O–H groups in total. The fourth-order valence-electron chi connectivity index (χ4n) is 2.28. The third kappa shape index (κ3) is 2.35. The highest BCUT2D eigenvalue weighted by Crippen LogP contribution is 2.26. The largest absolute Gasteiger partial charge is 0.369 e. The third-order valence-electron chi connectivity index (χ3n) is 3.39. The van der Waals surface area contributed by atoms with Crippen LogP contribution in [0.4, 0.5) is 11.6 Å². The fraction of sp³-hybridized carbons (Fsp3) is 0.545. The second kappa shape index (κ2) is 5.18. The highest BCUT2D eigenvalue weighted by atomic mass is 16.1. The number of amides is 1. The molecular weight excluding hydrogens is 232 g/mol. The van der Waals surface area contributed by atoms with Crippen molar-refractivity contribution >= 4 is 17.5 Å². The molecule has 1 aliphatic heterocycles. The van der Waals surface area contributed by atoms with Gasteiger partial charge in [0.2, 0.25) is 5.91 Å². The Balaban J connectivity index is 2.12. The molecule has 1 aromatic heterocycles. The summed E-state index contributed by atoms with van der Waals surface area (Å²) in [5.41, 5.74) is 8.78. The van der Waals surface area contributed by atoms with Gasteiger partial charge in [0.05, 0.1) is 0 Å². The Labute approximate surface area is 106 Å². The maximum atomic E-state index is 11.1. The summed E-state index contributed by atoms with van der Waals surface area (Å²) in [6.45, 7) is 3.47. The molecule has 0 atom stereocenters. The predicted octanol–water partition coefficient (Wildman–Crippen LogP) is -0.228. The standard InChI is InChI=1S/C11H18N6O/c1-7-10(16-13)14-6-15-11(7)17-4-2-8(3-5-17)9(12)18/h6,8H,2-5,13H2,1H3,(H2,12,18)(H,14,15,16). The second-order valence-corrected chi connectivity index (χ2v) is 4.48. The zero-order valence-corrected chi connectivity index (χ0v) is 10.4. The van der Waals surface area contributed by atoms with Gasteiger partial charge in [-0.15, -0.1) is 0 Å². The Bertz CT molecular complexity index is 441. The van der Waals surface area contributed by atoms with E-state index < -0.39 is 0 Å². The van der Waals surface area contributed by atoms with E-state index >= 15 is 0 Å². The first-order chi connectivity index (χ1) is 8.63. The molecule has 0 unspecified atom stereocenters. The lowest BCUT2D eigenvalue weighted by atomic mass is 9.96. The molecule has 1 aromatic rings. The molecule has 1 fully saturated rings. The number of hydrogen-bond acceptors (Lipinski definition) is 6. The molecule has 18 heavy (non-hydrogen) atoms. The van der Waals surface area contributed by atoms with E-state index in [-0.39, 0.29) is 11.8 Å². The van der Waals surface area contributed by atoms with Crippen LogP contribution in [0.5, 0.6) is 0 Å². The van der Waals surface area contributed by atoms with Gasteiger partial charge in [-0.2, -0.15) is 0 Å². The predicted molar refractivity (Wildman–Crippen MR) is 68.7 cm³/mol. The van der Waals surface area contributed by atoms with Crippen LogP contribution >= 0.6 is 0 Å². The minimum absolute atomic E-state index is 0.0181. The quantitative estimate of drug-likeness (QED) is 0.505. The number of nitrogen functional groups attached to an aromatic ring is 1. The molecule has 2 heterocycles. The molecule has 0 radical (unpaired) electrons. The summed E-state index contributed by atoms with van der Waals surface area (Å²) in [5, 5.41) is 0. The Morgan fingerprint density at radius 2 is 2.11 bits per heavy atom. The number of aromatic nitrogens is 2. The number of rotatable bonds is 3. The molecule has 1 amide bonds. The number of primary amides is 1. The number of hydrazine groups is 1. The minimum Gasteiger partial charge on any atom is -0.369 e. The number of hydrogen-bond donors (Lipinski definition) is 3. The molecule has 1 aliphatic rings. The molecule has 0 bridgehead atoms. The molecule has 7 nitrogen and oxygen atoms in total. The Morgan fingerprint density at radius 3 is 2.67 bits per heavy atom. The first-order valence-corrected chi connectivity index (χ1v) is 5.96. The van der Waals surface area contributed by atoms with Crippen molar-refractivity contribution in [2.24, 2.45) is 17.5 Å². The monoisotopic (exact) mass is 250 g/mol. The lowest BCUT2D eigenvalue weighted by Crippen LogP contribution is -2.39. The van der Waals surface area contributed by atoms with Gasteiger partial charge in [-0.25, -0.2) is 15.8 Å². The summed E-state index contributed by atoms with van der Waals surface area (Å²) in [6.07, 6.45) is 3.02. The molecule has 0 aliphatic carbocycles. The van der Waals surface area contributed by atoms with E-state index in [1.165, 1.54) is 6.33 Å². The average molecular weight is 250 g/mol. The van der Waals surface area contributed by atoms with Crippen molar-refractivity contribution in [1.29, 1.82) is 0 Å². The van der Waals surface area contributed by atoms with Crippen molar-refractivity contribution in [3.8, 4) is 0 Å². The van der Waals surface area contributed by atoms with E-state index in [2.05, 4.69) is 20.3 Å². The zero-order chi connectivity index (χ0) is 13.1. The first kappa shape index (κ1) is 12.6. The maximum Gasteiger partial charge on any atom is 0.220 e. The highest BCUT2D eigenvalue weighted by Gasteiger charge is 2.25. The number of nitrogens with zero attached hydrogens (tertiary/aromatic N) is 3. The van der Waals surface area contributed by atoms with Gasteiger partial charge in [-0.05, 0) is 19.8 Å². The fourth-order valence-corrected chi connectivity index (χ4v) is 2.28. The first-order valence-electron chi connectivity index (χ1n) is 5.96. The Hall–Kier alpha value is -1.89. The molecule has 2 rings (SSSR count). The van der Waals surface area contributed by atoms with Crippen molar-refractivity contribution < 1.29 is 4.79 Å². The van der Waals surface area contributed by atoms with Crippen molar-refractivity contribution in [1.82, 2.24) is 9.97 Å². The summed E-state index contributed by atoms with van der Waals surface area (Å²) in [5.74, 6) is 6.65. The summed E-state index contributed by atoms with van der Waals surface area (Å²) in [7, 11) is 0. The van der Waals surface area contributed by atoms with E-state index in [1.807, 2.05) is 6.92 Å². The topological polar surface area (TPSA) is 110 Å². The van der Waals surface area contributed by atoms with E-state index in [9.17, 15) is 4.79 Å². The third-order valence-corrected chi connectivity index (χ3v) is 3.39. The van der Waals surface area contributed by atoms with Crippen LogP contribution in [0.25, 0.3) is 0 Å². The van der Waals surface area contributed by atoms with Gasteiger partial charge in [-0.3, -0.25) is 4.79 Å². The van der Waals surface area contributed by atoms with Gasteiger partial charge >= 0.3 is 0 Å². The van der Waals surface area contributed by atoms with Crippen molar-refractivity contribution in [2.45, 2.75) is 19.8 Å². The van der Waals surface area contributed by atoms with Gasteiger partial charge in [-0.1, -0.05) is 0 Å². The minimum atomic E-state index is -0.210. The molecule has 0 spiro atoms. The normalized spacial score (nSPS) is 16.7. The smallest absolute Gasteiger partial charge is 0.220 e. The molecule has 1 saturated heterocycles. The molecule has 0 saturated carbocycles. The van der Waals surface area contributed by atoms with Gasteiger partial charge in [0.1, 0.15) is 18.0 Å². The van der Waals surface area contributed by atoms with Crippen LogP contribution in [0.15, 0.2) is 6.33 Å². The van der Waals surface area contributed by atoms with E-state index in [0.29, 0.717) is 5.82 Å². The van der Waals surface area contributed by atoms with Crippen LogP contribution in [0.3, 0.4) is 0 Å². The molecular formula is C11H18N6O. The van der Waals surface area contributed by atoms with E-state index in [1.54, 1.807) is 0 Å². The van der Waals surface area contributed by atoms with Crippen LogP contribution < -0.4 is 21.9 Å². The molecule has 0 aromatic carbocycles. The van der Waals surface area contributed by atoms with Crippen LogP contribution in [0.2, 0.25) is 0 Å². The van der Waals surface area contributed by atoms with Crippen molar-refractivity contribution in [3.05, 3.63) is 11.9 Å². The highest BCUT2D eigenvalue weighted by molar-refractivity contribution is 5.77. The number of carbonyl (C=O) groups excluding carboxylic acids is 1. The lowest BCUT2D eigenvalue weighted by molar-refractivity contribution is -0.122. The molecule has 98 valence electrons.